The Morgan fingerprint density at radius 1 is 1.23 bits per heavy atom. The number of morpholine rings is 1. The van der Waals surface area contributed by atoms with Gasteiger partial charge < -0.3 is 10.1 Å². The molecule has 0 bridgehead atoms. The van der Waals surface area contributed by atoms with E-state index in [4.69, 9.17) is 4.74 Å². The fourth-order valence-corrected chi connectivity index (χ4v) is 3.03. The van der Waals surface area contributed by atoms with Crippen LogP contribution in [0.3, 0.4) is 0 Å². The number of aromatic nitrogens is 3. The molecule has 1 aliphatic rings. The zero-order valence-corrected chi connectivity index (χ0v) is 16.0. The van der Waals surface area contributed by atoms with E-state index in [0.717, 1.165) is 37.7 Å². The van der Waals surface area contributed by atoms with Crippen LogP contribution >= 0.6 is 0 Å². The van der Waals surface area contributed by atoms with E-state index in [0.29, 0.717) is 17.9 Å². The molecule has 7 heteroatoms. The van der Waals surface area contributed by atoms with Gasteiger partial charge in [0.15, 0.2) is 5.82 Å². The number of hydrogen-bond donors (Lipinski definition) is 1. The van der Waals surface area contributed by atoms with E-state index < -0.39 is 0 Å². The first-order chi connectivity index (χ1) is 12.4. The van der Waals surface area contributed by atoms with Crippen LogP contribution < -0.4 is 5.32 Å². The summed E-state index contributed by atoms with van der Waals surface area (Å²) < 4.78 is 7.15. The zero-order valence-electron chi connectivity index (χ0n) is 16.0. The average molecular weight is 357 g/mol. The van der Waals surface area contributed by atoms with Crippen LogP contribution in [-0.4, -0.2) is 64.0 Å². The van der Waals surface area contributed by atoms with Gasteiger partial charge in [0.2, 0.25) is 0 Å². The van der Waals surface area contributed by atoms with Crippen molar-refractivity contribution in [2.24, 2.45) is 7.05 Å². The summed E-state index contributed by atoms with van der Waals surface area (Å²) in [6.45, 7) is 10.1. The molecule has 0 saturated carbocycles. The maximum atomic E-state index is 12.5. The monoisotopic (exact) mass is 357 g/mol. The number of amides is 1. The normalized spacial score (nSPS) is 15.8. The van der Waals surface area contributed by atoms with Crippen LogP contribution in [0.1, 0.15) is 30.0 Å². The van der Waals surface area contributed by atoms with Gasteiger partial charge in [0.05, 0.1) is 13.2 Å². The molecule has 1 aliphatic heterocycles. The Morgan fingerprint density at radius 2 is 1.88 bits per heavy atom. The fourth-order valence-electron chi connectivity index (χ4n) is 3.03. The van der Waals surface area contributed by atoms with E-state index in [1.165, 1.54) is 0 Å². The molecule has 26 heavy (non-hydrogen) atoms. The summed E-state index contributed by atoms with van der Waals surface area (Å²) in [7, 11) is 1.86. The maximum absolute atomic E-state index is 12.5. The highest BCUT2D eigenvalue weighted by Gasteiger charge is 2.28. The molecule has 1 aromatic carbocycles. The molecule has 0 radical (unpaired) electrons. The Balaban J connectivity index is 1.61. The van der Waals surface area contributed by atoms with Crippen LogP contribution in [0.5, 0.6) is 0 Å². The van der Waals surface area contributed by atoms with Gasteiger partial charge in [-0.25, -0.2) is 4.98 Å². The van der Waals surface area contributed by atoms with Gasteiger partial charge in [0, 0.05) is 43.3 Å². The SMILES string of the molecule is Cc1nc(-c2ccc(C(=O)NCC(C)(C)N3CCOCC3)cc2)nn1C. The maximum Gasteiger partial charge on any atom is 0.251 e. The smallest absolute Gasteiger partial charge is 0.251 e. The minimum Gasteiger partial charge on any atom is -0.379 e. The second kappa shape index (κ2) is 7.55. The van der Waals surface area contributed by atoms with Crippen molar-refractivity contribution in [3.8, 4) is 11.4 Å². The lowest BCUT2D eigenvalue weighted by Gasteiger charge is -2.40. The van der Waals surface area contributed by atoms with Gasteiger partial charge in [-0.05, 0) is 32.9 Å². The van der Waals surface area contributed by atoms with Crippen LogP contribution in [0.4, 0.5) is 0 Å². The van der Waals surface area contributed by atoms with E-state index in [2.05, 4.69) is 34.1 Å². The predicted octanol–water partition coefficient (Wildman–Crippen LogP) is 1.63. The third-order valence-corrected chi connectivity index (χ3v) is 4.93. The molecule has 1 fully saturated rings. The fraction of sp³-hybridized carbons (Fsp3) is 0.526. The molecule has 1 saturated heterocycles. The average Bonchev–Trinajstić information content (AvgIpc) is 2.99. The number of carbonyl (C=O) groups is 1. The number of aryl methyl sites for hydroxylation is 2. The molecular weight excluding hydrogens is 330 g/mol. The van der Waals surface area contributed by atoms with Crippen molar-refractivity contribution in [2.45, 2.75) is 26.3 Å². The minimum atomic E-state index is -0.102. The highest BCUT2D eigenvalue weighted by molar-refractivity contribution is 5.94. The first-order valence-corrected chi connectivity index (χ1v) is 8.96. The van der Waals surface area contributed by atoms with E-state index in [-0.39, 0.29) is 11.4 Å². The number of rotatable bonds is 5. The summed E-state index contributed by atoms with van der Waals surface area (Å²) >= 11 is 0. The molecule has 0 spiro atoms. The number of nitrogens with zero attached hydrogens (tertiary/aromatic N) is 4. The summed E-state index contributed by atoms with van der Waals surface area (Å²) in [5.41, 5.74) is 1.44. The first kappa shape index (κ1) is 18.5. The Morgan fingerprint density at radius 3 is 2.46 bits per heavy atom. The van der Waals surface area contributed by atoms with Crippen LogP contribution in [0.15, 0.2) is 24.3 Å². The topological polar surface area (TPSA) is 72.3 Å². The quantitative estimate of drug-likeness (QED) is 0.881. The highest BCUT2D eigenvalue weighted by Crippen LogP contribution is 2.17. The Bertz CT molecular complexity index is 741. The highest BCUT2D eigenvalue weighted by atomic mass is 16.5. The lowest BCUT2D eigenvalue weighted by Crippen LogP contribution is -2.55. The molecule has 0 aliphatic carbocycles. The van der Waals surface area contributed by atoms with E-state index in [1.807, 2.05) is 38.2 Å². The summed E-state index contributed by atoms with van der Waals surface area (Å²) in [4.78, 5) is 19.3. The molecule has 7 nitrogen and oxygen atoms in total. The van der Waals surface area contributed by atoms with Crippen LogP contribution in [0.2, 0.25) is 0 Å². The van der Waals surface area contributed by atoms with Crippen molar-refractivity contribution in [3.05, 3.63) is 35.7 Å². The summed E-state index contributed by atoms with van der Waals surface area (Å²) in [6.07, 6.45) is 0. The lowest BCUT2D eigenvalue weighted by molar-refractivity contribution is -0.00923. The molecule has 3 rings (SSSR count). The second-order valence-corrected chi connectivity index (χ2v) is 7.28. The summed E-state index contributed by atoms with van der Waals surface area (Å²) in [5, 5.41) is 7.42. The van der Waals surface area contributed by atoms with Crippen molar-refractivity contribution >= 4 is 5.91 Å². The third kappa shape index (κ3) is 4.11. The summed E-state index contributed by atoms with van der Waals surface area (Å²) in [6, 6.07) is 7.41. The standard InChI is InChI=1S/C19H27N5O2/c1-14-21-17(22-23(14)4)15-5-7-16(8-6-15)18(25)20-13-19(2,3)24-9-11-26-12-10-24/h5-8H,9-13H2,1-4H3,(H,20,25). The molecule has 2 heterocycles. The van der Waals surface area contributed by atoms with Gasteiger partial charge in [-0.2, -0.15) is 5.10 Å². The van der Waals surface area contributed by atoms with Crippen molar-refractivity contribution in [3.63, 3.8) is 0 Å². The Kier molecular flexibility index (Phi) is 5.38. The Hall–Kier alpha value is -2.25. The Labute approximate surface area is 154 Å². The van der Waals surface area contributed by atoms with E-state index in [9.17, 15) is 4.79 Å². The van der Waals surface area contributed by atoms with Crippen LogP contribution in [-0.2, 0) is 11.8 Å². The minimum absolute atomic E-state index is 0.0666. The van der Waals surface area contributed by atoms with Crippen molar-refractivity contribution in [1.82, 2.24) is 25.0 Å². The molecule has 2 aromatic rings. The zero-order chi connectivity index (χ0) is 18.7. The van der Waals surface area contributed by atoms with Crippen molar-refractivity contribution in [1.29, 1.82) is 0 Å². The molecule has 1 N–H and O–H groups in total. The molecule has 140 valence electrons. The van der Waals surface area contributed by atoms with Crippen molar-refractivity contribution < 1.29 is 9.53 Å². The molecular formula is C19H27N5O2. The number of nitrogens with one attached hydrogen (secondary N) is 1. The lowest BCUT2D eigenvalue weighted by atomic mass is 10.0. The van der Waals surface area contributed by atoms with Crippen LogP contribution in [0.25, 0.3) is 11.4 Å². The predicted molar refractivity (Wildman–Crippen MR) is 100.0 cm³/mol. The van der Waals surface area contributed by atoms with Gasteiger partial charge in [-0.15, -0.1) is 0 Å². The van der Waals surface area contributed by atoms with Crippen molar-refractivity contribution in [2.75, 3.05) is 32.8 Å². The third-order valence-electron chi connectivity index (χ3n) is 4.93. The van der Waals surface area contributed by atoms with E-state index in [1.54, 1.807) is 4.68 Å². The number of hydrogen-bond acceptors (Lipinski definition) is 5. The van der Waals surface area contributed by atoms with Gasteiger partial charge in [-0.1, -0.05) is 12.1 Å². The first-order valence-electron chi connectivity index (χ1n) is 8.96. The summed E-state index contributed by atoms with van der Waals surface area (Å²) in [5.74, 6) is 1.46. The molecule has 0 unspecified atom stereocenters. The molecule has 1 amide bonds. The largest absolute Gasteiger partial charge is 0.379 e. The number of benzene rings is 1. The van der Waals surface area contributed by atoms with E-state index >= 15 is 0 Å². The van der Waals surface area contributed by atoms with Gasteiger partial charge in [0.25, 0.3) is 5.91 Å². The van der Waals surface area contributed by atoms with Gasteiger partial charge in [0.1, 0.15) is 5.82 Å². The molecule has 1 aromatic heterocycles. The number of carbonyl (C=O) groups excluding carboxylic acids is 1. The van der Waals surface area contributed by atoms with Crippen LogP contribution in [0, 0.1) is 6.92 Å². The van der Waals surface area contributed by atoms with Gasteiger partial charge >= 0.3 is 0 Å². The number of ether oxygens (including phenoxy) is 1. The second-order valence-electron chi connectivity index (χ2n) is 7.28. The molecule has 0 atom stereocenters. The van der Waals surface area contributed by atoms with Gasteiger partial charge in [-0.3, -0.25) is 14.4 Å².